The Balaban J connectivity index is 1.32. The van der Waals surface area contributed by atoms with Crippen molar-refractivity contribution < 1.29 is 19.3 Å². The topological polar surface area (TPSA) is 118 Å². The molecule has 2 bridgehead atoms. The first-order valence-electron chi connectivity index (χ1n) is 9.35. The van der Waals surface area contributed by atoms with Crippen LogP contribution in [0.4, 0.5) is 4.39 Å². The summed E-state index contributed by atoms with van der Waals surface area (Å²) >= 11 is 0. The van der Waals surface area contributed by atoms with E-state index in [1.165, 1.54) is 6.20 Å². The predicted molar refractivity (Wildman–Crippen MR) is 99.3 cm³/mol. The number of halogens is 1. The summed E-state index contributed by atoms with van der Waals surface area (Å²) in [7, 11) is 0. The maximum atomic E-state index is 14.5. The van der Waals surface area contributed by atoms with Crippen LogP contribution in [0.15, 0.2) is 43.1 Å². The van der Waals surface area contributed by atoms with E-state index in [1.807, 2.05) is 6.07 Å². The number of hydrogen-bond donors (Lipinski definition) is 3. The number of nitrogens with zero attached hydrogens (tertiary/aromatic N) is 5. The van der Waals surface area contributed by atoms with Gasteiger partial charge in [-0.05, 0) is 18.6 Å². The lowest BCUT2D eigenvalue weighted by Gasteiger charge is -2.32. The number of rotatable bonds is 4. The van der Waals surface area contributed by atoms with Crippen molar-refractivity contribution in [1.29, 1.82) is 0 Å². The number of fused-ring (bicyclic) bond motifs is 2. The molecule has 4 heterocycles. The van der Waals surface area contributed by atoms with Crippen LogP contribution in [0, 0.1) is 0 Å². The molecule has 5 atom stereocenters. The molecule has 150 valence electrons. The van der Waals surface area contributed by atoms with Crippen molar-refractivity contribution in [2.75, 3.05) is 0 Å². The number of hydrogen-bond acceptors (Lipinski definition) is 8. The molecule has 9 nitrogen and oxygen atoms in total. The number of aromatic hydroxyl groups is 1. The van der Waals surface area contributed by atoms with Crippen molar-refractivity contribution in [3.63, 3.8) is 0 Å². The van der Waals surface area contributed by atoms with Gasteiger partial charge in [-0.3, -0.25) is 0 Å². The summed E-state index contributed by atoms with van der Waals surface area (Å²) in [6.45, 7) is 0. The quantitative estimate of drug-likeness (QED) is 0.596. The van der Waals surface area contributed by atoms with Crippen LogP contribution in [0.3, 0.4) is 0 Å². The summed E-state index contributed by atoms with van der Waals surface area (Å²) in [5, 5.41) is 31.3. The number of ether oxygens (including phenoxy) is 1. The monoisotopic (exact) mass is 398 g/mol. The minimum Gasteiger partial charge on any atom is -0.507 e. The van der Waals surface area contributed by atoms with Crippen molar-refractivity contribution in [3.05, 3.63) is 43.1 Å². The van der Waals surface area contributed by atoms with Crippen LogP contribution < -0.4 is 10.1 Å². The fourth-order valence-electron chi connectivity index (χ4n) is 3.96. The van der Waals surface area contributed by atoms with Gasteiger partial charge in [0, 0.05) is 42.5 Å². The minimum absolute atomic E-state index is 0.0220. The van der Waals surface area contributed by atoms with Crippen LogP contribution in [0.25, 0.3) is 16.9 Å². The molecule has 3 aromatic rings. The molecule has 29 heavy (non-hydrogen) atoms. The maximum Gasteiger partial charge on any atom is 0.336 e. The normalized spacial score (nSPS) is 28.4. The highest BCUT2D eigenvalue weighted by Gasteiger charge is 2.47. The van der Waals surface area contributed by atoms with Crippen LogP contribution in [0.5, 0.6) is 11.8 Å². The van der Waals surface area contributed by atoms with Crippen molar-refractivity contribution in [2.45, 2.75) is 43.3 Å². The number of aliphatic hydroxyl groups is 1. The highest BCUT2D eigenvalue weighted by Crippen LogP contribution is 2.32. The van der Waals surface area contributed by atoms with E-state index >= 15 is 0 Å². The van der Waals surface area contributed by atoms with Crippen LogP contribution in [-0.2, 0) is 0 Å². The molecule has 10 heteroatoms. The number of alkyl halides is 1. The third-order valence-electron chi connectivity index (χ3n) is 5.47. The van der Waals surface area contributed by atoms with E-state index in [0.29, 0.717) is 24.1 Å². The Morgan fingerprint density at radius 3 is 2.83 bits per heavy atom. The minimum atomic E-state index is -1.26. The number of benzene rings is 1. The summed E-state index contributed by atoms with van der Waals surface area (Å²) in [5.41, 5.74) is 1.58. The lowest BCUT2D eigenvalue weighted by Crippen LogP contribution is -2.52. The van der Waals surface area contributed by atoms with E-state index in [9.17, 15) is 14.6 Å². The van der Waals surface area contributed by atoms with Crippen LogP contribution in [0.2, 0.25) is 0 Å². The van der Waals surface area contributed by atoms with E-state index in [4.69, 9.17) is 4.74 Å². The van der Waals surface area contributed by atoms with Gasteiger partial charge in [-0.15, -0.1) is 5.10 Å². The number of piperidine rings is 1. The molecular formula is C19H19FN6O3. The Bertz CT molecular complexity index is 998. The molecule has 2 aromatic heterocycles. The molecule has 2 fully saturated rings. The predicted octanol–water partition coefficient (Wildman–Crippen LogP) is 1.01. The zero-order chi connectivity index (χ0) is 20.0. The van der Waals surface area contributed by atoms with E-state index in [1.54, 1.807) is 35.4 Å². The smallest absolute Gasteiger partial charge is 0.336 e. The molecular weight excluding hydrogens is 379 g/mol. The van der Waals surface area contributed by atoms with E-state index in [0.717, 1.165) is 5.69 Å². The van der Waals surface area contributed by atoms with Crippen molar-refractivity contribution in [2.24, 2.45) is 0 Å². The second-order valence-electron chi connectivity index (χ2n) is 7.32. The first kappa shape index (κ1) is 18.0. The van der Waals surface area contributed by atoms with Crippen LogP contribution >= 0.6 is 0 Å². The van der Waals surface area contributed by atoms with Crippen molar-refractivity contribution in [1.82, 2.24) is 30.0 Å². The average molecular weight is 398 g/mol. The largest absolute Gasteiger partial charge is 0.507 e. The van der Waals surface area contributed by atoms with Gasteiger partial charge in [0.2, 0.25) is 0 Å². The Morgan fingerprint density at radius 1 is 1.21 bits per heavy atom. The fraction of sp³-hybridized carbons (Fsp3) is 0.368. The van der Waals surface area contributed by atoms with Gasteiger partial charge in [0.1, 0.15) is 17.5 Å². The van der Waals surface area contributed by atoms with Crippen molar-refractivity contribution >= 4 is 0 Å². The van der Waals surface area contributed by atoms with Crippen LogP contribution in [-0.4, -0.2) is 65.4 Å². The molecule has 0 aliphatic carbocycles. The summed E-state index contributed by atoms with van der Waals surface area (Å²) in [6.07, 6.45) is 4.62. The van der Waals surface area contributed by atoms with E-state index in [-0.39, 0.29) is 17.8 Å². The number of phenolic OH excluding ortho intramolecular Hbond substituents is 1. The lowest BCUT2D eigenvalue weighted by molar-refractivity contribution is 0.0335. The molecule has 2 saturated heterocycles. The number of nitrogens with one attached hydrogen (secondary N) is 1. The Hall–Kier alpha value is -3.11. The molecule has 0 radical (unpaired) electrons. The summed E-state index contributed by atoms with van der Waals surface area (Å²) in [6, 6.07) is 4.47. The second kappa shape index (κ2) is 7.05. The summed E-state index contributed by atoms with van der Waals surface area (Å²) in [5.74, 6) is 0.0220. The van der Waals surface area contributed by atoms with Gasteiger partial charge in [0.15, 0.2) is 6.17 Å². The number of aromatic nitrogens is 5. The molecule has 0 amide bonds. The van der Waals surface area contributed by atoms with Gasteiger partial charge in [0.25, 0.3) is 0 Å². The highest BCUT2D eigenvalue weighted by atomic mass is 19.1. The maximum absolute atomic E-state index is 14.5. The van der Waals surface area contributed by atoms with Crippen LogP contribution in [0.1, 0.15) is 12.8 Å². The Kier molecular flexibility index (Phi) is 4.36. The average Bonchev–Trinajstić information content (AvgIpc) is 3.36. The number of aliphatic hydroxyl groups excluding tert-OH is 1. The van der Waals surface area contributed by atoms with Gasteiger partial charge in [-0.25, -0.2) is 14.4 Å². The zero-order valence-corrected chi connectivity index (χ0v) is 15.3. The molecule has 1 aromatic carbocycles. The third-order valence-corrected chi connectivity index (χ3v) is 5.47. The second-order valence-corrected chi connectivity index (χ2v) is 7.32. The van der Waals surface area contributed by atoms with Gasteiger partial charge < -0.3 is 24.8 Å². The van der Waals surface area contributed by atoms with E-state index in [2.05, 4.69) is 25.5 Å². The molecule has 5 rings (SSSR count). The van der Waals surface area contributed by atoms with Gasteiger partial charge >= 0.3 is 6.01 Å². The first-order valence-corrected chi connectivity index (χ1v) is 9.35. The number of phenols is 1. The highest BCUT2D eigenvalue weighted by molar-refractivity contribution is 5.67. The molecule has 2 unspecified atom stereocenters. The SMILES string of the molecule is Oc1cc(-n2ccnc2)ccc1-c1cnc(O[C@@H]2CC3NC(C[C@H]3O)[C@H]2F)nn1. The standard InChI is InChI=1S/C19H19FN6O3/c20-18-13-6-16(28)12(23-13)7-17(18)29-19-22-8-14(24-25-19)11-2-1-10(5-15(11)27)26-4-3-21-9-26/h1-5,8-9,12-13,16-18,23,27-28H,6-7H2/t12?,13?,16-,17-,18-/m1/s1. The van der Waals surface area contributed by atoms with Gasteiger partial charge in [-0.1, -0.05) is 5.10 Å². The molecule has 2 aliphatic rings. The Labute approximate surface area is 165 Å². The number of imidazole rings is 1. The first-order chi connectivity index (χ1) is 14.1. The van der Waals surface area contributed by atoms with E-state index < -0.39 is 24.4 Å². The zero-order valence-electron chi connectivity index (χ0n) is 15.3. The molecule has 2 aliphatic heterocycles. The van der Waals surface area contributed by atoms with Gasteiger partial charge in [-0.2, -0.15) is 0 Å². The molecule has 3 N–H and O–H groups in total. The lowest BCUT2D eigenvalue weighted by atomic mass is 10.0. The van der Waals surface area contributed by atoms with Gasteiger partial charge in [0.05, 0.1) is 24.3 Å². The fourth-order valence-corrected chi connectivity index (χ4v) is 3.96. The summed E-state index contributed by atoms with van der Waals surface area (Å²) in [4.78, 5) is 8.09. The molecule has 0 spiro atoms. The third kappa shape index (κ3) is 3.30. The Morgan fingerprint density at radius 2 is 2.10 bits per heavy atom. The van der Waals surface area contributed by atoms with Crippen molar-refractivity contribution in [3.8, 4) is 28.7 Å². The summed E-state index contributed by atoms with van der Waals surface area (Å²) < 4.78 is 21.9. The molecule has 0 saturated carbocycles.